The van der Waals surface area contributed by atoms with Gasteiger partial charge in [0.2, 0.25) is 0 Å². The molecule has 0 atom stereocenters. The first-order valence-electron chi connectivity index (χ1n) is 0. The van der Waals surface area contributed by atoms with E-state index in [2.05, 4.69) is 0 Å². The Hall–Kier alpha value is 2.06. The van der Waals surface area contributed by atoms with Crippen LogP contribution in [-0.4, -0.2) is 0 Å². The van der Waals surface area contributed by atoms with Gasteiger partial charge < -0.3 is 35.8 Å². The molecule has 0 heterocycles. The van der Waals surface area contributed by atoms with Crippen LogP contribution in [0.4, 0.5) is 0 Å². The van der Waals surface area contributed by atoms with Gasteiger partial charge in [0.05, 0.1) is 0 Å². The molecule has 0 aliphatic rings. The quantitative estimate of drug-likeness (QED) is 0.392. The first-order chi connectivity index (χ1) is 0. The number of hydrogen-bond acceptors (Lipinski definition) is 0. The molecule has 0 aromatic rings. The van der Waals surface area contributed by atoms with Crippen LogP contribution in [0.2, 0.25) is 0 Å². The monoisotopic (exact) mass is 267 g/mol. The molecule has 0 rings (SSSR count). The molecule has 47 valence electrons. The summed E-state index contributed by atoms with van der Waals surface area (Å²) in [5.74, 6) is 0. The van der Waals surface area contributed by atoms with E-state index in [0.717, 1.165) is 0 Å². The van der Waals surface area contributed by atoms with Crippen LogP contribution in [0.5, 0.6) is 0 Å². The summed E-state index contributed by atoms with van der Waals surface area (Å²) in [6, 6.07) is 0. The van der Waals surface area contributed by atoms with Gasteiger partial charge >= 0.3 is 51.2 Å². The zero-order valence-electron chi connectivity index (χ0n) is 2.71. The van der Waals surface area contributed by atoms with Crippen molar-refractivity contribution < 1.29 is 87.0 Å². The second-order valence-electron chi connectivity index (χ2n) is 0. The molecule has 0 fully saturated rings. The van der Waals surface area contributed by atoms with Gasteiger partial charge in [-0.3, -0.25) is 0 Å². The molecule has 0 saturated carbocycles. The molecule has 3 radical (unpaired) electrons. The van der Waals surface area contributed by atoms with Crippen LogP contribution in [0.1, 0.15) is 0 Å². The first kappa shape index (κ1) is 139. The first-order valence-corrected chi connectivity index (χ1v) is 0. The van der Waals surface area contributed by atoms with Gasteiger partial charge in [-0.25, -0.2) is 0 Å². The van der Waals surface area contributed by atoms with Crippen LogP contribution in [0.25, 0.3) is 0 Å². The molecule has 0 bridgehead atoms. The Morgan fingerprint density at radius 2 is 0.429 bits per heavy atom. The maximum atomic E-state index is 0. The molecule has 0 aliphatic heterocycles. The Balaban J connectivity index is 0. The largest absolute Gasteiger partial charge is 2.00 e. The minimum Gasteiger partial charge on any atom is -2.00 e. The van der Waals surface area contributed by atoms with E-state index in [4.69, 9.17) is 0 Å². The third-order valence-corrected chi connectivity index (χ3v) is 0. The van der Waals surface area contributed by atoms with Crippen LogP contribution >= 0.6 is 0 Å². The summed E-state index contributed by atoms with van der Waals surface area (Å²) >= 11 is 0. The Morgan fingerprint density at radius 3 is 0.429 bits per heavy atom. The second-order valence-corrected chi connectivity index (χ2v) is 0. The molecule has 0 aromatic carbocycles. The van der Waals surface area contributed by atoms with E-state index in [1.165, 1.54) is 0 Å². The van der Waals surface area contributed by atoms with Gasteiger partial charge in [-0.1, -0.05) is 0 Å². The maximum absolute atomic E-state index is 0. The van der Waals surface area contributed by atoms with Crippen molar-refractivity contribution in [1.29, 1.82) is 0 Å². The van der Waals surface area contributed by atoms with E-state index in [9.17, 15) is 0 Å². The van der Waals surface area contributed by atoms with Crippen molar-refractivity contribution in [2.24, 2.45) is 0 Å². The number of hydrogen-bond donors (Lipinski definition) is 0. The molecular weight excluding hydrogens is 268 g/mol. The molecule has 0 saturated heterocycles. The summed E-state index contributed by atoms with van der Waals surface area (Å²) < 4.78 is 0. The van der Waals surface area contributed by atoms with Crippen molar-refractivity contribution in [3.8, 4) is 0 Å². The predicted octanol–water partition coefficient (Wildman–Crippen LogP) is -6.24. The minimum absolute atomic E-state index is 0. The molecule has 7 heteroatoms. The maximum Gasteiger partial charge on any atom is 2.00 e. The fourth-order valence-electron chi connectivity index (χ4n) is 0. The van der Waals surface area contributed by atoms with E-state index in [1.54, 1.807) is 0 Å². The molecule has 0 amide bonds. The van der Waals surface area contributed by atoms with Crippen LogP contribution in [0.3, 0.4) is 0 Å². The van der Waals surface area contributed by atoms with Crippen molar-refractivity contribution in [2.45, 2.75) is 0 Å². The Bertz CT molecular complexity index is 10.9. The van der Waals surface area contributed by atoms with Crippen molar-refractivity contribution in [2.75, 3.05) is 0 Å². The fraction of sp³-hybridized carbons (Fsp3) is 0. The van der Waals surface area contributed by atoms with Crippen LogP contribution in [-0.2, 0) is 62.2 Å². The van der Waals surface area contributed by atoms with Crippen LogP contribution in [0, 0.1) is 0 Å². The van der Waals surface area contributed by atoms with Crippen molar-refractivity contribution >= 4 is 0 Å². The van der Waals surface area contributed by atoms with Gasteiger partial charge in [0.1, 0.15) is 0 Å². The molecular formula is Cl2Mn3O2. The average molecular weight is 268 g/mol. The Labute approximate surface area is 86.4 Å². The summed E-state index contributed by atoms with van der Waals surface area (Å²) in [5.41, 5.74) is 0. The Morgan fingerprint density at radius 1 is 0.429 bits per heavy atom. The normalized spacial score (nSPS) is 0. The summed E-state index contributed by atoms with van der Waals surface area (Å²) in [7, 11) is 0. The summed E-state index contributed by atoms with van der Waals surface area (Å²) in [6.45, 7) is 0. The third kappa shape index (κ3) is 69.8. The van der Waals surface area contributed by atoms with Crippen molar-refractivity contribution in [3.63, 3.8) is 0 Å². The molecule has 7 heavy (non-hydrogen) atoms. The summed E-state index contributed by atoms with van der Waals surface area (Å²) in [6.07, 6.45) is 0. The molecule has 2 nitrogen and oxygen atoms in total. The fourth-order valence-corrected chi connectivity index (χ4v) is 0. The SMILES string of the molecule is [Cl-].[Cl-].[Mn+2].[Mn+2].[Mn+2].[O-2].[O-2]. The van der Waals surface area contributed by atoms with Gasteiger partial charge in [0.25, 0.3) is 0 Å². The van der Waals surface area contributed by atoms with E-state index < -0.39 is 0 Å². The molecule has 0 N–H and O–H groups in total. The van der Waals surface area contributed by atoms with E-state index in [1.807, 2.05) is 0 Å². The average Bonchev–Trinajstić information content (AvgIpc) is 0. The molecule has 0 unspecified atom stereocenters. The van der Waals surface area contributed by atoms with Crippen LogP contribution in [0.15, 0.2) is 0 Å². The zero-order chi connectivity index (χ0) is 0. The van der Waals surface area contributed by atoms with E-state index in [0.29, 0.717) is 0 Å². The van der Waals surface area contributed by atoms with Crippen molar-refractivity contribution in [3.05, 3.63) is 0 Å². The second kappa shape index (κ2) is 94.8. The number of rotatable bonds is 0. The molecule has 0 spiro atoms. The predicted molar refractivity (Wildman–Crippen MR) is 1.37 cm³/mol. The Kier molecular flexibility index (Phi) is 1880. The van der Waals surface area contributed by atoms with Gasteiger partial charge in [0, 0.05) is 0 Å². The third-order valence-electron chi connectivity index (χ3n) is 0. The van der Waals surface area contributed by atoms with E-state index >= 15 is 0 Å². The van der Waals surface area contributed by atoms with Gasteiger partial charge in [-0.05, 0) is 0 Å². The van der Waals surface area contributed by atoms with Gasteiger partial charge in [-0.15, -0.1) is 0 Å². The van der Waals surface area contributed by atoms with Crippen LogP contribution < -0.4 is 24.8 Å². The zero-order valence-corrected chi connectivity index (χ0v) is 7.76. The van der Waals surface area contributed by atoms with Gasteiger partial charge in [0.15, 0.2) is 0 Å². The summed E-state index contributed by atoms with van der Waals surface area (Å²) in [4.78, 5) is 0. The topological polar surface area (TPSA) is 57.0 Å². The molecule has 0 aliphatic carbocycles. The number of halogens is 2. The van der Waals surface area contributed by atoms with E-state index in [-0.39, 0.29) is 87.0 Å². The summed E-state index contributed by atoms with van der Waals surface area (Å²) in [5, 5.41) is 0. The van der Waals surface area contributed by atoms with Gasteiger partial charge in [-0.2, -0.15) is 0 Å². The smallest absolute Gasteiger partial charge is 2.00 e. The van der Waals surface area contributed by atoms with Crippen molar-refractivity contribution in [1.82, 2.24) is 0 Å². The standard InChI is InChI=1S/2ClH.3Mn.2O/h2*1H;;;;;/q;;3*+2;2*-2/p-2. The molecule has 0 aromatic heterocycles. The minimum atomic E-state index is 0.